The SMILES string of the molecule is CCCNC1CCC(C)CC1Oc1cc(F)ccc1C. The largest absolute Gasteiger partial charge is 0.488 e. The van der Waals surface area contributed by atoms with Gasteiger partial charge in [0.15, 0.2) is 0 Å². The van der Waals surface area contributed by atoms with Gasteiger partial charge in [0.25, 0.3) is 0 Å². The number of hydrogen-bond donors (Lipinski definition) is 1. The van der Waals surface area contributed by atoms with E-state index in [1.165, 1.54) is 18.6 Å². The molecule has 1 aromatic carbocycles. The summed E-state index contributed by atoms with van der Waals surface area (Å²) >= 11 is 0. The molecule has 1 N–H and O–H groups in total. The van der Waals surface area contributed by atoms with E-state index >= 15 is 0 Å². The first-order chi connectivity index (χ1) is 9.60. The van der Waals surface area contributed by atoms with E-state index in [1.807, 2.05) is 6.92 Å². The highest BCUT2D eigenvalue weighted by atomic mass is 19.1. The highest BCUT2D eigenvalue weighted by Gasteiger charge is 2.30. The van der Waals surface area contributed by atoms with Crippen LogP contribution in [-0.2, 0) is 0 Å². The lowest BCUT2D eigenvalue weighted by molar-refractivity contribution is 0.0899. The van der Waals surface area contributed by atoms with E-state index in [4.69, 9.17) is 4.74 Å². The lowest BCUT2D eigenvalue weighted by atomic mass is 9.85. The molecule has 1 aliphatic carbocycles. The van der Waals surface area contributed by atoms with E-state index in [1.54, 1.807) is 6.07 Å². The van der Waals surface area contributed by atoms with Crippen LogP contribution in [0.4, 0.5) is 4.39 Å². The zero-order valence-electron chi connectivity index (χ0n) is 12.8. The van der Waals surface area contributed by atoms with Crippen LogP contribution in [0.15, 0.2) is 18.2 Å². The van der Waals surface area contributed by atoms with Gasteiger partial charge >= 0.3 is 0 Å². The maximum absolute atomic E-state index is 13.4. The van der Waals surface area contributed by atoms with E-state index in [0.29, 0.717) is 17.7 Å². The van der Waals surface area contributed by atoms with Gasteiger partial charge in [0.1, 0.15) is 17.7 Å². The molecule has 0 saturated heterocycles. The van der Waals surface area contributed by atoms with Gasteiger partial charge in [0.2, 0.25) is 0 Å². The zero-order chi connectivity index (χ0) is 14.5. The lowest BCUT2D eigenvalue weighted by Crippen LogP contribution is -2.47. The zero-order valence-corrected chi connectivity index (χ0v) is 12.8. The van der Waals surface area contributed by atoms with Gasteiger partial charge < -0.3 is 10.1 Å². The van der Waals surface area contributed by atoms with Crippen LogP contribution >= 0.6 is 0 Å². The van der Waals surface area contributed by atoms with Crippen molar-refractivity contribution < 1.29 is 9.13 Å². The first-order valence-corrected chi connectivity index (χ1v) is 7.76. The molecule has 20 heavy (non-hydrogen) atoms. The smallest absolute Gasteiger partial charge is 0.126 e. The predicted octanol–water partition coefficient (Wildman–Crippen LogP) is 4.07. The molecule has 1 aromatic rings. The molecule has 3 heteroatoms. The molecule has 0 bridgehead atoms. The van der Waals surface area contributed by atoms with Crippen LogP contribution in [0.1, 0.15) is 45.1 Å². The molecular formula is C17H26FNO. The summed E-state index contributed by atoms with van der Waals surface area (Å²) in [4.78, 5) is 0. The maximum Gasteiger partial charge on any atom is 0.126 e. The van der Waals surface area contributed by atoms with Crippen molar-refractivity contribution in [2.75, 3.05) is 6.54 Å². The molecule has 2 rings (SSSR count). The van der Waals surface area contributed by atoms with E-state index < -0.39 is 0 Å². The monoisotopic (exact) mass is 279 g/mol. The Labute approximate surface area is 121 Å². The Kier molecular flexibility index (Phi) is 5.41. The predicted molar refractivity (Wildman–Crippen MR) is 80.6 cm³/mol. The standard InChI is InChI=1S/C17H26FNO/c1-4-9-19-15-8-5-12(2)10-17(15)20-16-11-14(18)7-6-13(16)3/h6-7,11-12,15,17,19H,4-5,8-10H2,1-3H3. The van der Waals surface area contributed by atoms with Gasteiger partial charge in [-0.15, -0.1) is 0 Å². The van der Waals surface area contributed by atoms with Crippen LogP contribution in [-0.4, -0.2) is 18.7 Å². The van der Waals surface area contributed by atoms with Crippen molar-refractivity contribution in [1.29, 1.82) is 0 Å². The summed E-state index contributed by atoms with van der Waals surface area (Å²) < 4.78 is 19.5. The average Bonchev–Trinajstić information content (AvgIpc) is 2.42. The highest BCUT2D eigenvalue weighted by Crippen LogP contribution is 2.29. The summed E-state index contributed by atoms with van der Waals surface area (Å²) in [6.07, 6.45) is 4.68. The van der Waals surface area contributed by atoms with Crippen LogP contribution in [0.3, 0.4) is 0 Å². The van der Waals surface area contributed by atoms with Gasteiger partial charge in [-0.3, -0.25) is 0 Å². The number of rotatable bonds is 5. The number of aryl methyl sites for hydroxylation is 1. The summed E-state index contributed by atoms with van der Waals surface area (Å²) in [5, 5.41) is 3.58. The Morgan fingerprint density at radius 2 is 2.15 bits per heavy atom. The van der Waals surface area contributed by atoms with Crippen molar-refractivity contribution in [2.24, 2.45) is 5.92 Å². The maximum atomic E-state index is 13.4. The second kappa shape index (κ2) is 7.07. The Balaban J connectivity index is 2.08. The number of benzene rings is 1. The highest BCUT2D eigenvalue weighted by molar-refractivity contribution is 5.33. The van der Waals surface area contributed by atoms with E-state index in [9.17, 15) is 4.39 Å². The summed E-state index contributed by atoms with van der Waals surface area (Å²) in [7, 11) is 0. The molecule has 0 amide bonds. The minimum atomic E-state index is -0.229. The van der Waals surface area contributed by atoms with Gasteiger partial charge in [0, 0.05) is 12.1 Å². The molecule has 112 valence electrons. The molecule has 0 radical (unpaired) electrons. The molecule has 3 unspecified atom stereocenters. The molecule has 1 saturated carbocycles. The van der Waals surface area contributed by atoms with Gasteiger partial charge in [-0.2, -0.15) is 0 Å². The fourth-order valence-corrected chi connectivity index (χ4v) is 2.89. The second-order valence-corrected chi connectivity index (χ2v) is 6.04. The Morgan fingerprint density at radius 3 is 2.90 bits per heavy atom. The third-order valence-corrected chi connectivity index (χ3v) is 4.14. The molecular weight excluding hydrogens is 253 g/mol. The topological polar surface area (TPSA) is 21.3 Å². The Morgan fingerprint density at radius 1 is 1.35 bits per heavy atom. The van der Waals surface area contributed by atoms with Crippen LogP contribution in [0, 0.1) is 18.7 Å². The third-order valence-electron chi connectivity index (χ3n) is 4.14. The minimum Gasteiger partial charge on any atom is -0.488 e. The number of ether oxygens (including phenoxy) is 1. The lowest BCUT2D eigenvalue weighted by Gasteiger charge is -2.36. The Hall–Kier alpha value is -1.09. The fraction of sp³-hybridized carbons (Fsp3) is 0.647. The van der Waals surface area contributed by atoms with E-state index in [0.717, 1.165) is 31.4 Å². The van der Waals surface area contributed by atoms with Crippen molar-refractivity contribution in [3.05, 3.63) is 29.6 Å². The van der Waals surface area contributed by atoms with Crippen molar-refractivity contribution in [3.8, 4) is 5.75 Å². The van der Waals surface area contributed by atoms with Crippen LogP contribution in [0.25, 0.3) is 0 Å². The molecule has 3 atom stereocenters. The summed E-state index contributed by atoms with van der Waals surface area (Å²) in [6, 6.07) is 5.16. The van der Waals surface area contributed by atoms with Crippen molar-refractivity contribution in [1.82, 2.24) is 5.32 Å². The molecule has 0 heterocycles. The van der Waals surface area contributed by atoms with Gasteiger partial charge in [-0.1, -0.05) is 19.9 Å². The van der Waals surface area contributed by atoms with E-state index in [2.05, 4.69) is 19.2 Å². The quantitative estimate of drug-likeness (QED) is 0.877. The number of hydrogen-bond acceptors (Lipinski definition) is 2. The molecule has 0 aliphatic heterocycles. The Bertz CT molecular complexity index is 433. The fourth-order valence-electron chi connectivity index (χ4n) is 2.89. The first kappa shape index (κ1) is 15.3. The average molecular weight is 279 g/mol. The second-order valence-electron chi connectivity index (χ2n) is 6.04. The third kappa shape index (κ3) is 3.95. The first-order valence-electron chi connectivity index (χ1n) is 7.76. The normalized spacial score (nSPS) is 26.5. The number of halogens is 1. The van der Waals surface area contributed by atoms with Gasteiger partial charge in [0.05, 0.1) is 0 Å². The summed E-state index contributed by atoms with van der Waals surface area (Å²) in [6.45, 7) is 7.42. The van der Waals surface area contributed by atoms with Gasteiger partial charge in [-0.05, 0) is 56.7 Å². The van der Waals surface area contributed by atoms with Gasteiger partial charge in [-0.25, -0.2) is 4.39 Å². The van der Waals surface area contributed by atoms with Crippen molar-refractivity contribution in [2.45, 2.75) is 58.6 Å². The van der Waals surface area contributed by atoms with Crippen molar-refractivity contribution >= 4 is 0 Å². The molecule has 0 aromatic heterocycles. The van der Waals surface area contributed by atoms with Crippen LogP contribution in [0.5, 0.6) is 5.75 Å². The molecule has 1 aliphatic rings. The van der Waals surface area contributed by atoms with Crippen molar-refractivity contribution in [3.63, 3.8) is 0 Å². The molecule has 2 nitrogen and oxygen atoms in total. The summed E-state index contributed by atoms with van der Waals surface area (Å²) in [5.41, 5.74) is 0.999. The molecule has 0 spiro atoms. The van der Waals surface area contributed by atoms with E-state index in [-0.39, 0.29) is 11.9 Å². The number of nitrogens with one attached hydrogen (secondary N) is 1. The van der Waals surface area contributed by atoms with Crippen LogP contribution in [0.2, 0.25) is 0 Å². The van der Waals surface area contributed by atoms with Crippen LogP contribution < -0.4 is 10.1 Å². The minimum absolute atomic E-state index is 0.144. The molecule has 1 fully saturated rings. The summed E-state index contributed by atoms with van der Waals surface area (Å²) in [5.74, 6) is 1.13.